The normalized spacial score (nSPS) is 10.7. The van der Waals surface area contributed by atoms with Crippen LogP contribution in [-0.2, 0) is 6.42 Å². The second kappa shape index (κ2) is 5.25. The molecule has 100 valence electrons. The van der Waals surface area contributed by atoms with E-state index in [1.54, 1.807) is 24.5 Å². The van der Waals surface area contributed by atoms with Crippen molar-refractivity contribution in [3.8, 4) is 22.6 Å². The minimum atomic E-state index is -0.242. The van der Waals surface area contributed by atoms with Crippen LogP contribution in [0.3, 0.4) is 0 Å². The molecule has 0 saturated carbocycles. The number of hydrogen-bond acceptors (Lipinski definition) is 2. The smallest absolute Gasteiger partial charge is 0.139 e. The lowest BCUT2D eigenvalue weighted by atomic mass is 10.1. The van der Waals surface area contributed by atoms with Crippen LogP contribution in [0.4, 0.5) is 4.39 Å². The Hall–Kier alpha value is -2.49. The first kappa shape index (κ1) is 12.5. The summed E-state index contributed by atoms with van der Waals surface area (Å²) >= 11 is 0. The highest BCUT2D eigenvalue weighted by Crippen LogP contribution is 2.24. The molecule has 0 atom stereocenters. The van der Waals surface area contributed by atoms with Gasteiger partial charge in [0.2, 0.25) is 0 Å². The molecular formula is C16H14FN3. The van der Waals surface area contributed by atoms with Gasteiger partial charge in [0.1, 0.15) is 11.6 Å². The van der Waals surface area contributed by atoms with Gasteiger partial charge in [0.15, 0.2) is 0 Å². The van der Waals surface area contributed by atoms with Gasteiger partial charge in [-0.05, 0) is 47.9 Å². The molecule has 2 aromatic heterocycles. The van der Waals surface area contributed by atoms with Gasteiger partial charge in [0.25, 0.3) is 0 Å². The quantitative estimate of drug-likeness (QED) is 0.783. The highest BCUT2D eigenvalue weighted by atomic mass is 19.1. The molecule has 3 rings (SSSR count). The minimum absolute atomic E-state index is 0.242. The van der Waals surface area contributed by atoms with Crippen molar-refractivity contribution in [1.29, 1.82) is 0 Å². The van der Waals surface area contributed by atoms with Crippen molar-refractivity contribution >= 4 is 0 Å². The number of imidazole rings is 1. The number of aryl methyl sites for hydroxylation is 1. The zero-order valence-corrected chi connectivity index (χ0v) is 11.1. The van der Waals surface area contributed by atoms with Crippen LogP contribution in [0.25, 0.3) is 22.6 Å². The molecule has 0 aliphatic heterocycles. The lowest BCUT2D eigenvalue weighted by Gasteiger charge is -2.03. The predicted molar refractivity (Wildman–Crippen MR) is 76.6 cm³/mol. The van der Waals surface area contributed by atoms with E-state index in [4.69, 9.17) is 0 Å². The number of pyridine rings is 1. The van der Waals surface area contributed by atoms with Gasteiger partial charge in [-0.3, -0.25) is 4.98 Å². The Balaban J connectivity index is 2.00. The van der Waals surface area contributed by atoms with E-state index in [-0.39, 0.29) is 5.82 Å². The molecular weight excluding hydrogens is 253 g/mol. The van der Waals surface area contributed by atoms with Gasteiger partial charge < -0.3 is 4.98 Å². The van der Waals surface area contributed by atoms with Gasteiger partial charge >= 0.3 is 0 Å². The maximum Gasteiger partial charge on any atom is 0.139 e. The summed E-state index contributed by atoms with van der Waals surface area (Å²) in [6, 6.07) is 8.34. The van der Waals surface area contributed by atoms with Crippen molar-refractivity contribution in [3.63, 3.8) is 0 Å². The van der Waals surface area contributed by atoms with E-state index in [1.165, 1.54) is 17.7 Å². The third-order valence-electron chi connectivity index (χ3n) is 3.28. The molecule has 2 heterocycles. The summed E-state index contributed by atoms with van der Waals surface area (Å²) in [6.45, 7) is 2.10. The number of benzene rings is 1. The van der Waals surface area contributed by atoms with Crippen LogP contribution in [-0.4, -0.2) is 15.0 Å². The van der Waals surface area contributed by atoms with E-state index in [0.29, 0.717) is 0 Å². The number of halogens is 1. The average molecular weight is 267 g/mol. The number of nitrogens with one attached hydrogen (secondary N) is 1. The first-order valence-electron chi connectivity index (χ1n) is 6.52. The molecule has 0 spiro atoms. The van der Waals surface area contributed by atoms with Gasteiger partial charge in [0.05, 0.1) is 11.9 Å². The molecule has 0 radical (unpaired) electrons. The molecule has 0 saturated heterocycles. The molecule has 1 aromatic carbocycles. The van der Waals surface area contributed by atoms with Gasteiger partial charge in [-0.1, -0.05) is 6.92 Å². The van der Waals surface area contributed by atoms with Crippen LogP contribution in [0.1, 0.15) is 12.5 Å². The Morgan fingerprint density at radius 2 is 1.90 bits per heavy atom. The van der Waals surface area contributed by atoms with Crippen molar-refractivity contribution in [2.24, 2.45) is 0 Å². The Morgan fingerprint density at radius 1 is 1.10 bits per heavy atom. The Bertz CT molecular complexity index is 717. The summed E-state index contributed by atoms with van der Waals surface area (Å²) in [6.07, 6.45) is 6.28. The van der Waals surface area contributed by atoms with E-state index in [9.17, 15) is 4.39 Å². The maximum absolute atomic E-state index is 12.9. The van der Waals surface area contributed by atoms with Crippen molar-refractivity contribution in [2.75, 3.05) is 0 Å². The molecule has 0 bridgehead atoms. The molecule has 20 heavy (non-hydrogen) atoms. The van der Waals surface area contributed by atoms with E-state index in [1.807, 2.05) is 12.3 Å². The third-order valence-corrected chi connectivity index (χ3v) is 3.28. The van der Waals surface area contributed by atoms with Gasteiger partial charge in [-0.25, -0.2) is 9.37 Å². The maximum atomic E-state index is 12.9. The summed E-state index contributed by atoms with van der Waals surface area (Å²) in [4.78, 5) is 11.8. The second-order valence-electron chi connectivity index (χ2n) is 4.54. The summed E-state index contributed by atoms with van der Waals surface area (Å²) in [7, 11) is 0. The van der Waals surface area contributed by atoms with Crippen LogP contribution >= 0.6 is 0 Å². The molecule has 4 heteroatoms. The summed E-state index contributed by atoms with van der Waals surface area (Å²) in [5.74, 6) is 0.545. The standard InChI is InChI=1S/C16H14FN3/c1-2-11-7-8-18-9-14(11)16-19-10-15(20-16)12-3-5-13(17)6-4-12/h3-10H,2H2,1H3,(H,19,20). The molecule has 0 aliphatic carbocycles. The van der Waals surface area contributed by atoms with Crippen molar-refractivity contribution in [2.45, 2.75) is 13.3 Å². The van der Waals surface area contributed by atoms with Crippen LogP contribution in [0, 0.1) is 5.82 Å². The summed E-state index contributed by atoms with van der Waals surface area (Å²) in [5, 5.41) is 0. The molecule has 3 aromatic rings. The number of rotatable bonds is 3. The third kappa shape index (κ3) is 2.32. The first-order chi connectivity index (χ1) is 9.78. The molecule has 1 N–H and O–H groups in total. The molecule has 0 unspecified atom stereocenters. The number of aromatic nitrogens is 3. The largest absolute Gasteiger partial charge is 0.338 e. The highest BCUT2D eigenvalue weighted by Gasteiger charge is 2.09. The fraction of sp³-hybridized carbons (Fsp3) is 0.125. The zero-order valence-electron chi connectivity index (χ0n) is 11.1. The van der Waals surface area contributed by atoms with Crippen molar-refractivity contribution in [3.05, 3.63) is 60.3 Å². The topological polar surface area (TPSA) is 41.6 Å². The van der Waals surface area contributed by atoms with Crippen molar-refractivity contribution < 1.29 is 4.39 Å². The van der Waals surface area contributed by atoms with Gasteiger partial charge in [0, 0.05) is 18.0 Å². The van der Waals surface area contributed by atoms with Crippen molar-refractivity contribution in [1.82, 2.24) is 15.0 Å². The lowest BCUT2D eigenvalue weighted by molar-refractivity contribution is 0.628. The zero-order chi connectivity index (χ0) is 13.9. The van der Waals surface area contributed by atoms with E-state index < -0.39 is 0 Å². The average Bonchev–Trinajstić information content (AvgIpc) is 2.97. The molecule has 0 aliphatic rings. The monoisotopic (exact) mass is 267 g/mol. The van der Waals surface area contributed by atoms with Crippen LogP contribution in [0.15, 0.2) is 48.9 Å². The molecule has 0 fully saturated rings. The number of aromatic amines is 1. The lowest BCUT2D eigenvalue weighted by Crippen LogP contribution is -1.90. The fourth-order valence-electron chi connectivity index (χ4n) is 2.18. The van der Waals surface area contributed by atoms with E-state index >= 15 is 0 Å². The summed E-state index contributed by atoms with van der Waals surface area (Å²) in [5.41, 5.74) is 3.97. The Morgan fingerprint density at radius 3 is 2.65 bits per heavy atom. The Kier molecular flexibility index (Phi) is 3.29. The molecule has 0 amide bonds. The number of H-pyrrole nitrogens is 1. The van der Waals surface area contributed by atoms with Crippen LogP contribution < -0.4 is 0 Å². The SMILES string of the molecule is CCc1ccncc1-c1ncc(-c2ccc(F)cc2)[nH]1. The highest BCUT2D eigenvalue weighted by molar-refractivity contribution is 5.65. The number of hydrogen-bond donors (Lipinski definition) is 1. The number of nitrogens with zero attached hydrogens (tertiary/aromatic N) is 2. The summed E-state index contributed by atoms with van der Waals surface area (Å²) < 4.78 is 12.9. The minimum Gasteiger partial charge on any atom is -0.338 e. The van der Waals surface area contributed by atoms with E-state index in [2.05, 4.69) is 21.9 Å². The predicted octanol–water partition coefficient (Wildman–Crippen LogP) is 3.84. The van der Waals surface area contributed by atoms with E-state index in [0.717, 1.165) is 29.1 Å². The van der Waals surface area contributed by atoms with Crippen LogP contribution in [0.2, 0.25) is 0 Å². The molecule has 3 nitrogen and oxygen atoms in total. The van der Waals surface area contributed by atoms with Gasteiger partial charge in [-0.2, -0.15) is 0 Å². The first-order valence-corrected chi connectivity index (χ1v) is 6.52. The fourth-order valence-corrected chi connectivity index (χ4v) is 2.18. The van der Waals surface area contributed by atoms with Crippen LogP contribution in [0.5, 0.6) is 0 Å². The Labute approximate surface area is 116 Å². The second-order valence-corrected chi connectivity index (χ2v) is 4.54. The van der Waals surface area contributed by atoms with Gasteiger partial charge in [-0.15, -0.1) is 0 Å².